The number of methoxy groups -OCH3 is 1. The van der Waals surface area contributed by atoms with Crippen molar-refractivity contribution in [3.63, 3.8) is 0 Å². The van der Waals surface area contributed by atoms with Gasteiger partial charge < -0.3 is 64.5 Å². The zero-order valence-corrected chi connectivity index (χ0v) is 35.3. The van der Waals surface area contributed by atoms with Crippen LogP contribution in [0.3, 0.4) is 0 Å². The number of hydrogen-bond acceptors (Lipinski definition) is 15. The normalized spacial score (nSPS) is 51.7. The number of hydrogen-bond donors (Lipinski definition) is 8. The average molecular weight is 839 g/mol. The molecule has 8 N–H and O–H groups in total. The first-order valence-electron chi connectivity index (χ1n) is 21.4. The molecule has 0 radical (unpaired) electrons. The number of aliphatic hydroxyl groups is 7. The van der Waals surface area contributed by atoms with Gasteiger partial charge in [-0.2, -0.15) is 0 Å². The lowest BCUT2D eigenvalue weighted by Crippen LogP contribution is -2.66. The van der Waals surface area contributed by atoms with Crippen molar-refractivity contribution < 1.29 is 78.9 Å². The second kappa shape index (κ2) is 15.2. The molecule has 5 aliphatic carbocycles. The highest BCUT2D eigenvalue weighted by molar-refractivity contribution is 5.81. The minimum atomic E-state index is -1.81. The zero-order valence-electron chi connectivity index (χ0n) is 35.3. The first-order chi connectivity index (χ1) is 27.5. The number of fused-ring (bicyclic) bond motifs is 7. The maximum Gasteiger partial charge on any atom is 0.335 e. The molecule has 0 aromatic heterocycles. The van der Waals surface area contributed by atoms with E-state index >= 15 is 0 Å². The van der Waals surface area contributed by atoms with Gasteiger partial charge in [0.05, 0.1) is 30.7 Å². The van der Waals surface area contributed by atoms with Crippen LogP contribution in [0.2, 0.25) is 0 Å². The molecule has 0 aromatic rings. The van der Waals surface area contributed by atoms with E-state index in [1.165, 1.54) is 7.11 Å². The first kappa shape index (κ1) is 44.8. The number of carboxylic acids is 1. The summed E-state index contributed by atoms with van der Waals surface area (Å²) < 4.78 is 28.8. The molecule has 0 spiro atoms. The fourth-order valence-corrected chi connectivity index (χ4v) is 13.8. The number of allylic oxidation sites excluding steroid dienone is 2. The van der Waals surface area contributed by atoms with Crippen molar-refractivity contribution in [3.05, 3.63) is 11.6 Å². The lowest BCUT2D eigenvalue weighted by Gasteiger charge is -2.71. The van der Waals surface area contributed by atoms with Crippen LogP contribution in [0.4, 0.5) is 0 Å². The topological polar surface area (TPSA) is 259 Å². The van der Waals surface area contributed by atoms with E-state index in [4.69, 9.17) is 23.7 Å². The molecule has 19 atom stereocenters. The molecule has 2 saturated heterocycles. The molecule has 2 aliphatic heterocycles. The summed E-state index contributed by atoms with van der Waals surface area (Å²) in [5, 5.41) is 82.6. The molecule has 4 saturated carbocycles. The molecular formula is C43H66O16. The van der Waals surface area contributed by atoms with Gasteiger partial charge in [0.25, 0.3) is 0 Å². The Bertz CT molecular complexity index is 1680. The molecule has 7 aliphatic rings. The van der Waals surface area contributed by atoms with Crippen molar-refractivity contribution in [2.24, 2.45) is 50.2 Å². The molecule has 0 unspecified atom stereocenters. The van der Waals surface area contributed by atoms with E-state index in [0.717, 1.165) is 24.8 Å². The molecule has 334 valence electrons. The maximum atomic E-state index is 14.7. The molecule has 2 heterocycles. The Morgan fingerprint density at radius 1 is 0.746 bits per heavy atom. The lowest BCUT2D eigenvalue weighted by molar-refractivity contribution is -0.324. The van der Waals surface area contributed by atoms with Gasteiger partial charge in [-0.15, -0.1) is 0 Å². The Hall–Kier alpha value is -2.25. The fraction of sp³-hybridized carbons (Fsp3) is 0.884. The standard InChI is InChI=1S/C43H66O16/c1-38(2)23-10-13-42(6)24(40(23,4)12-11-25(38)57-35-31(50)28(47)29(48)32(58-35)33(51)52)9-8-20-21-18-39(3,36(53)55-7)14-16-43(21,17-15-41(20,42)5)37(54)59-34-30(49)27(46)26(45)22(19-44)56-34/h8,21-32,34-35,44-50H,9-19H2,1-7H3,(H,51,52)/t21-,22-,23+,24-,25+,26-,27+,28+,29+,30-,31-,32+,34+,35-,39+,40+,41-,42-,43+/m1/s1. The van der Waals surface area contributed by atoms with Crippen molar-refractivity contribution in [1.29, 1.82) is 0 Å². The van der Waals surface area contributed by atoms with E-state index in [2.05, 4.69) is 40.7 Å². The van der Waals surface area contributed by atoms with E-state index < -0.39 is 114 Å². The number of carboxylic acid groups (broad SMARTS) is 1. The van der Waals surface area contributed by atoms with Crippen molar-refractivity contribution in [1.82, 2.24) is 0 Å². The number of esters is 2. The van der Waals surface area contributed by atoms with Crippen LogP contribution < -0.4 is 0 Å². The van der Waals surface area contributed by atoms with Gasteiger partial charge in [-0.1, -0.05) is 46.3 Å². The molecule has 6 fully saturated rings. The average Bonchev–Trinajstić information content (AvgIpc) is 3.18. The highest BCUT2D eigenvalue weighted by Gasteiger charge is 2.70. The SMILES string of the molecule is COC(=O)[C@@]1(C)CC[C@]2(C(=O)O[C@@H]3O[C@H](CO)[C@@H](O)[C@H](O)[C@H]3O)CC[C@]3(C)C(=CC[C@@H]4[C@@]5(C)CC[C@H](O[C@@H]6O[C@H](C(=O)O)[C@@H](O)[C@H](O)[C@H]6O)C(C)(C)[C@@H]5CC[C@]43C)[C@H]2C1. The molecule has 0 bridgehead atoms. The van der Waals surface area contributed by atoms with Gasteiger partial charge in [0, 0.05) is 0 Å². The van der Waals surface area contributed by atoms with E-state index in [9.17, 15) is 55.2 Å². The number of carbonyl (C=O) groups excluding carboxylic acids is 2. The molecule has 0 aromatic carbocycles. The first-order valence-corrected chi connectivity index (χ1v) is 21.4. The minimum absolute atomic E-state index is 0.144. The van der Waals surface area contributed by atoms with Crippen LogP contribution in [-0.4, -0.2) is 140 Å². The Kier molecular flexibility index (Phi) is 11.6. The van der Waals surface area contributed by atoms with Crippen LogP contribution in [0.5, 0.6) is 0 Å². The molecule has 0 amide bonds. The van der Waals surface area contributed by atoms with Gasteiger partial charge in [0.15, 0.2) is 12.4 Å². The van der Waals surface area contributed by atoms with Crippen LogP contribution in [-0.2, 0) is 38.1 Å². The van der Waals surface area contributed by atoms with Crippen molar-refractivity contribution in [2.45, 2.75) is 173 Å². The summed E-state index contributed by atoms with van der Waals surface area (Å²) in [6.07, 6.45) is -8.69. The summed E-state index contributed by atoms with van der Waals surface area (Å²) in [6, 6.07) is 0. The third-order valence-electron chi connectivity index (χ3n) is 17.6. The van der Waals surface area contributed by atoms with Gasteiger partial charge in [0.1, 0.15) is 42.7 Å². The Labute approximate surface area is 345 Å². The summed E-state index contributed by atoms with van der Waals surface area (Å²) >= 11 is 0. The highest BCUT2D eigenvalue weighted by Crippen LogP contribution is 2.76. The largest absolute Gasteiger partial charge is 0.479 e. The van der Waals surface area contributed by atoms with Crippen LogP contribution in [0.1, 0.15) is 106 Å². The minimum Gasteiger partial charge on any atom is -0.479 e. The van der Waals surface area contributed by atoms with Crippen LogP contribution in [0, 0.1) is 50.2 Å². The molecular weight excluding hydrogens is 772 g/mol. The summed E-state index contributed by atoms with van der Waals surface area (Å²) in [6.45, 7) is 12.5. The number of ether oxygens (including phenoxy) is 5. The van der Waals surface area contributed by atoms with Crippen molar-refractivity contribution >= 4 is 17.9 Å². The predicted octanol–water partition coefficient (Wildman–Crippen LogP) is 1.56. The Morgan fingerprint density at radius 3 is 2.03 bits per heavy atom. The summed E-state index contributed by atoms with van der Waals surface area (Å²) in [5.41, 5.74) is -2.15. The second-order valence-corrected chi connectivity index (χ2v) is 20.6. The van der Waals surface area contributed by atoms with Crippen molar-refractivity contribution in [2.75, 3.05) is 13.7 Å². The Balaban J connectivity index is 1.19. The third-order valence-corrected chi connectivity index (χ3v) is 17.6. The number of rotatable bonds is 7. The quantitative estimate of drug-likeness (QED) is 0.103. The number of aliphatic carboxylic acids is 1. The monoisotopic (exact) mass is 838 g/mol. The van der Waals surface area contributed by atoms with Gasteiger partial charge >= 0.3 is 17.9 Å². The van der Waals surface area contributed by atoms with Crippen LogP contribution in [0.15, 0.2) is 11.6 Å². The van der Waals surface area contributed by atoms with Crippen molar-refractivity contribution in [3.8, 4) is 0 Å². The second-order valence-electron chi connectivity index (χ2n) is 20.6. The Morgan fingerprint density at radius 2 is 1.39 bits per heavy atom. The summed E-state index contributed by atoms with van der Waals surface area (Å²) in [4.78, 5) is 39.9. The zero-order chi connectivity index (χ0) is 43.4. The van der Waals surface area contributed by atoms with Crippen LogP contribution in [0.25, 0.3) is 0 Å². The molecule has 16 heteroatoms. The molecule has 16 nitrogen and oxygen atoms in total. The van der Waals surface area contributed by atoms with E-state index in [1.54, 1.807) is 0 Å². The lowest BCUT2D eigenvalue weighted by atomic mass is 9.33. The van der Waals surface area contributed by atoms with E-state index in [0.29, 0.717) is 44.9 Å². The smallest absolute Gasteiger partial charge is 0.335 e. The van der Waals surface area contributed by atoms with Gasteiger partial charge in [-0.05, 0) is 111 Å². The summed E-state index contributed by atoms with van der Waals surface area (Å²) in [7, 11) is 1.37. The third kappa shape index (κ3) is 6.56. The highest BCUT2D eigenvalue weighted by atomic mass is 16.7. The fourth-order valence-electron chi connectivity index (χ4n) is 13.8. The van der Waals surface area contributed by atoms with Gasteiger partial charge in [-0.3, -0.25) is 9.59 Å². The summed E-state index contributed by atoms with van der Waals surface area (Å²) in [5.74, 6) is -2.52. The maximum absolute atomic E-state index is 14.7. The van der Waals surface area contributed by atoms with Gasteiger partial charge in [0.2, 0.25) is 6.29 Å². The van der Waals surface area contributed by atoms with E-state index in [1.807, 2.05) is 6.92 Å². The molecule has 59 heavy (non-hydrogen) atoms. The number of carbonyl (C=O) groups is 3. The van der Waals surface area contributed by atoms with E-state index in [-0.39, 0.29) is 28.6 Å². The number of aliphatic hydroxyl groups excluding tert-OH is 7. The molecule has 7 rings (SSSR count). The van der Waals surface area contributed by atoms with Gasteiger partial charge in [-0.25, -0.2) is 4.79 Å². The predicted molar refractivity (Wildman–Crippen MR) is 204 cm³/mol. The van der Waals surface area contributed by atoms with Crippen LogP contribution >= 0.6 is 0 Å².